The molecule has 0 fully saturated rings. The number of nitrogens with one attached hydrogen (secondary N) is 1. The van der Waals surface area contributed by atoms with Gasteiger partial charge in [0.1, 0.15) is 0 Å². The Bertz CT molecular complexity index is 1560. The number of benzene rings is 4. The van der Waals surface area contributed by atoms with Gasteiger partial charge in [0, 0.05) is 16.8 Å². The molecule has 4 aromatic carbocycles. The van der Waals surface area contributed by atoms with Crippen molar-refractivity contribution in [3.05, 3.63) is 129 Å². The van der Waals surface area contributed by atoms with Crippen molar-refractivity contribution in [2.75, 3.05) is 10.2 Å². The fraction of sp³-hybridized carbons (Fsp3) is 0.206. The molecule has 4 rings (SSSR count). The van der Waals surface area contributed by atoms with Gasteiger partial charge in [0.25, 0.3) is 5.91 Å². The average Bonchev–Trinajstić information content (AvgIpc) is 2.95. The highest BCUT2D eigenvalue weighted by molar-refractivity contribution is 6.40. The predicted molar refractivity (Wildman–Crippen MR) is 168 cm³/mol. The highest BCUT2D eigenvalue weighted by Gasteiger charge is 2.29. The largest absolute Gasteiger partial charge is 0.481 e. The van der Waals surface area contributed by atoms with Crippen LogP contribution in [0.25, 0.3) is 0 Å². The summed E-state index contributed by atoms with van der Waals surface area (Å²) in [6.45, 7) is 5.97. The van der Waals surface area contributed by atoms with E-state index in [-0.39, 0.29) is 27.9 Å². The Morgan fingerprint density at radius 1 is 0.810 bits per heavy atom. The number of amides is 2. The Morgan fingerprint density at radius 3 is 2.02 bits per heavy atom. The molecule has 1 atom stereocenters. The first-order chi connectivity index (χ1) is 19.9. The molecule has 1 unspecified atom stereocenters. The zero-order valence-electron chi connectivity index (χ0n) is 23.6. The molecule has 0 spiro atoms. The van der Waals surface area contributed by atoms with Gasteiger partial charge in [-0.15, -0.1) is 0 Å². The molecule has 0 aliphatic heterocycles. The Balaban J connectivity index is 1.55. The van der Waals surface area contributed by atoms with E-state index in [1.54, 1.807) is 65.6 Å². The molecule has 0 saturated heterocycles. The Morgan fingerprint density at radius 2 is 1.43 bits per heavy atom. The molecule has 2 amide bonds. The monoisotopic (exact) mass is 602 g/mol. The summed E-state index contributed by atoms with van der Waals surface area (Å²) in [5.41, 5.74) is 3.04. The van der Waals surface area contributed by atoms with Crippen LogP contribution in [-0.4, -0.2) is 22.9 Å². The molecule has 216 valence electrons. The van der Waals surface area contributed by atoms with Gasteiger partial charge in [-0.2, -0.15) is 0 Å². The maximum absolute atomic E-state index is 13.5. The van der Waals surface area contributed by atoms with Crippen LogP contribution in [0.5, 0.6) is 0 Å². The second kappa shape index (κ2) is 13.2. The summed E-state index contributed by atoms with van der Waals surface area (Å²) in [5, 5.41) is 13.4. The summed E-state index contributed by atoms with van der Waals surface area (Å²) in [6, 6.07) is 28.7. The molecule has 2 N–H and O–H groups in total. The lowest BCUT2D eigenvalue weighted by atomic mass is 9.90. The minimum Gasteiger partial charge on any atom is -0.481 e. The van der Waals surface area contributed by atoms with Crippen LogP contribution in [0.3, 0.4) is 0 Å². The van der Waals surface area contributed by atoms with Gasteiger partial charge in [-0.25, -0.2) is 0 Å². The molecule has 6 nitrogen and oxygen atoms in total. The Hall–Kier alpha value is -4.13. The predicted octanol–water partition coefficient (Wildman–Crippen LogP) is 8.24. The third-order valence-electron chi connectivity index (χ3n) is 6.79. The van der Waals surface area contributed by atoms with Crippen molar-refractivity contribution in [1.29, 1.82) is 0 Å². The minimum atomic E-state index is -0.977. The highest BCUT2D eigenvalue weighted by Crippen LogP contribution is 2.30. The van der Waals surface area contributed by atoms with Gasteiger partial charge in [0.15, 0.2) is 0 Å². The van der Waals surface area contributed by atoms with E-state index in [4.69, 9.17) is 23.2 Å². The summed E-state index contributed by atoms with van der Waals surface area (Å²) in [4.78, 5) is 40.3. The number of aliphatic carboxylic acids is 1. The van der Waals surface area contributed by atoms with Crippen molar-refractivity contribution in [2.24, 2.45) is 5.41 Å². The highest BCUT2D eigenvalue weighted by atomic mass is 35.5. The van der Waals surface area contributed by atoms with Gasteiger partial charge in [-0.1, -0.05) is 105 Å². The molecule has 0 bridgehead atoms. The Kier molecular flexibility index (Phi) is 9.71. The maximum Gasteiger partial charge on any atom is 0.311 e. The summed E-state index contributed by atoms with van der Waals surface area (Å²) in [7, 11) is 0. The van der Waals surface area contributed by atoms with Crippen LogP contribution in [0.2, 0.25) is 10.0 Å². The lowest BCUT2D eigenvalue weighted by molar-refractivity contribution is -0.138. The molecular weight excluding hydrogens is 571 g/mol. The number of nitrogens with zero attached hydrogens (tertiary/aromatic N) is 1. The van der Waals surface area contributed by atoms with E-state index in [0.29, 0.717) is 23.5 Å². The van der Waals surface area contributed by atoms with E-state index >= 15 is 0 Å². The van der Waals surface area contributed by atoms with E-state index in [9.17, 15) is 19.5 Å². The lowest BCUT2D eigenvalue weighted by Gasteiger charge is -2.30. The second-order valence-electron chi connectivity index (χ2n) is 11.1. The first kappa shape index (κ1) is 30.8. The first-order valence-corrected chi connectivity index (χ1v) is 14.2. The molecule has 0 aliphatic rings. The van der Waals surface area contributed by atoms with Crippen LogP contribution in [-0.2, 0) is 22.6 Å². The number of rotatable bonds is 9. The van der Waals surface area contributed by atoms with E-state index < -0.39 is 23.2 Å². The molecule has 0 radical (unpaired) electrons. The van der Waals surface area contributed by atoms with Crippen molar-refractivity contribution >= 4 is 52.4 Å². The van der Waals surface area contributed by atoms with Crippen LogP contribution >= 0.6 is 23.2 Å². The van der Waals surface area contributed by atoms with Crippen molar-refractivity contribution in [1.82, 2.24) is 0 Å². The number of hydrogen-bond donors (Lipinski definition) is 2. The zero-order chi connectivity index (χ0) is 30.4. The average molecular weight is 604 g/mol. The third-order valence-corrected chi connectivity index (χ3v) is 7.42. The summed E-state index contributed by atoms with van der Waals surface area (Å²) in [6.07, 6.45) is 0.218. The SMILES string of the molecule is CC(C)(C)C(=O)N(Cc1ccccc1)c1cccc(C(Cc2ccc(NC(=O)c3c(Cl)cccc3Cl)cc2)C(=O)O)c1. The van der Waals surface area contributed by atoms with Crippen LogP contribution in [0.15, 0.2) is 97.1 Å². The number of carbonyl (C=O) groups excluding carboxylic acids is 2. The van der Waals surface area contributed by atoms with Crippen molar-refractivity contribution < 1.29 is 19.5 Å². The summed E-state index contributed by atoms with van der Waals surface area (Å²) >= 11 is 12.3. The number of carbonyl (C=O) groups is 3. The summed E-state index contributed by atoms with van der Waals surface area (Å²) in [5.74, 6) is -2.33. The van der Waals surface area contributed by atoms with E-state index in [0.717, 1.165) is 11.1 Å². The molecular formula is C34H32Cl2N2O4. The first-order valence-electron chi connectivity index (χ1n) is 13.5. The van der Waals surface area contributed by atoms with E-state index in [2.05, 4.69) is 5.32 Å². The fourth-order valence-electron chi connectivity index (χ4n) is 4.58. The maximum atomic E-state index is 13.5. The number of hydrogen-bond acceptors (Lipinski definition) is 3. The topological polar surface area (TPSA) is 86.7 Å². The number of anilines is 2. The van der Waals surface area contributed by atoms with Gasteiger partial charge in [-0.05, 0) is 59.5 Å². The quantitative estimate of drug-likeness (QED) is 0.202. The zero-order valence-corrected chi connectivity index (χ0v) is 25.1. The molecule has 0 heterocycles. The minimum absolute atomic E-state index is 0.0638. The summed E-state index contributed by atoms with van der Waals surface area (Å²) < 4.78 is 0. The van der Waals surface area contributed by atoms with Crippen LogP contribution in [0.4, 0.5) is 11.4 Å². The van der Waals surface area contributed by atoms with Gasteiger partial charge in [0.2, 0.25) is 5.91 Å². The van der Waals surface area contributed by atoms with E-state index in [1.165, 1.54) is 0 Å². The van der Waals surface area contributed by atoms with Crippen molar-refractivity contribution in [2.45, 2.75) is 39.7 Å². The van der Waals surface area contributed by atoms with Crippen LogP contribution in [0, 0.1) is 5.41 Å². The molecule has 0 aromatic heterocycles. The number of halogens is 2. The van der Waals surface area contributed by atoms with E-state index in [1.807, 2.05) is 57.2 Å². The van der Waals surface area contributed by atoms with Crippen molar-refractivity contribution in [3.63, 3.8) is 0 Å². The van der Waals surface area contributed by atoms with Gasteiger partial charge in [0.05, 0.1) is 28.1 Å². The third kappa shape index (κ3) is 7.58. The molecule has 4 aromatic rings. The second-order valence-corrected chi connectivity index (χ2v) is 11.9. The number of carboxylic acid groups (broad SMARTS) is 1. The van der Waals surface area contributed by atoms with Gasteiger partial charge in [-0.3, -0.25) is 14.4 Å². The molecule has 0 aliphatic carbocycles. The van der Waals surface area contributed by atoms with Crippen molar-refractivity contribution in [3.8, 4) is 0 Å². The Labute approximate surface area is 255 Å². The van der Waals surface area contributed by atoms with Gasteiger partial charge < -0.3 is 15.3 Å². The molecule has 8 heteroatoms. The standard InChI is InChI=1S/C34H32Cl2N2O4/c1-34(2,3)33(42)38(21-23-9-5-4-6-10-23)26-12-7-11-24(20-26)27(32(40)41)19-22-15-17-25(18-16-22)37-31(39)30-28(35)13-8-14-29(30)36/h4-18,20,27H,19,21H2,1-3H3,(H,37,39)(H,40,41). The fourth-order valence-corrected chi connectivity index (χ4v) is 5.15. The lowest BCUT2D eigenvalue weighted by Crippen LogP contribution is -2.39. The van der Waals surface area contributed by atoms with Crippen LogP contribution < -0.4 is 10.2 Å². The smallest absolute Gasteiger partial charge is 0.311 e. The molecule has 42 heavy (non-hydrogen) atoms. The molecule has 0 saturated carbocycles. The van der Waals surface area contributed by atoms with Crippen LogP contribution in [0.1, 0.15) is 53.7 Å². The van der Waals surface area contributed by atoms with Gasteiger partial charge >= 0.3 is 5.97 Å². The normalized spacial score (nSPS) is 11.9. The number of carboxylic acids is 1.